The molecule has 162 valence electrons. The minimum atomic E-state index is -0.389. The normalized spacial score (nSPS) is 10.7. The number of anilines is 2. The van der Waals surface area contributed by atoms with Crippen LogP contribution >= 0.6 is 11.6 Å². The summed E-state index contributed by atoms with van der Waals surface area (Å²) < 4.78 is 19.9. The Hall–Kier alpha value is -3.05. The van der Waals surface area contributed by atoms with Gasteiger partial charge in [0, 0.05) is 35.5 Å². The first-order valence-corrected chi connectivity index (χ1v) is 10.6. The third-order valence-corrected chi connectivity index (χ3v) is 4.98. The summed E-state index contributed by atoms with van der Waals surface area (Å²) in [5.41, 5.74) is 2.87. The number of nitrogens with one attached hydrogen (secondary N) is 2. The average Bonchev–Trinajstić information content (AvgIpc) is 2.72. The van der Waals surface area contributed by atoms with Crippen LogP contribution in [0.5, 0.6) is 5.75 Å². The van der Waals surface area contributed by atoms with Gasteiger partial charge in [-0.25, -0.2) is 4.39 Å². The SMILES string of the molecule is CC(C)CC(=O)Nc1cccc(NCc2ccccc2OCc2c(F)cccc2Cl)c1. The predicted octanol–water partition coefficient (Wildman–Crippen LogP) is 6.65. The number of rotatable bonds is 9. The first-order chi connectivity index (χ1) is 14.9. The van der Waals surface area contributed by atoms with Gasteiger partial charge in [-0.05, 0) is 42.3 Å². The molecule has 0 fully saturated rings. The van der Waals surface area contributed by atoms with E-state index in [-0.39, 0.29) is 18.3 Å². The third-order valence-electron chi connectivity index (χ3n) is 4.63. The number of hydrogen-bond acceptors (Lipinski definition) is 3. The molecule has 2 N–H and O–H groups in total. The molecule has 0 atom stereocenters. The number of carbonyl (C=O) groups is 1. The van der Waals surface area contributed by atoms with Crippen molar-refractivity contribution in [2.75, 3.05) is 10.6 Å². The van der Waals surface area contributed by atoms with Crippen LogP contribution in [0.15, 0.2) is 66.7 Å². The fraction of sp³-hybridized carbons (Fsp3) is 0.240. The van der Waals surface area contributed by atoms with Gasteiger partial charge in [-0.15, -0.1) is 0 Å². The Bertz CT molecular complexity index is 1020. The van der Waals surface area contributed by atoms with Gasteiger partial charge in [0.15, 0.2) is 0 Å². The molecule has 4 nitrogen and oxygen atoms in total. The number of hydrogen-bond donors (Lipinski definition) is 2. The third kappa shape index (κ3) is 6.72. The fourth-order valence-corrected chi connectivity index (χ4v) is 3.32. The average molecular weight is 441 g/mol. The van der Waals surface area contributed by atoms with E-state index in [1.54, 1.807) is 12.1 Å². The van der Waals surface area contributed by atoms with Crippen LogP contribution in [0.2, 0.25) is 5.02 Å². The van der Waals surface area contributed by atoms with Gasteiger partial charge < -0.3 is 15.4 Å². The molecule has 3 rings (SSSR count). The molecule has 31 heavy (non-hydrogen) atoms. The topological polar surface area (TPSA) is 50.4 Å². The second-order valence-electron chi connectivity index (χ2n) is 7.68. The van der Waals surface area contributed by atoms with Crippen LogP contribution in [0.25, 0.3) is 0 Å². The molecule has 0 radical (unpaired) electrons. The van der Waals surface area contributed by atoms with Crippen molar-refractivity contribution in [1.82, 2.24) is 0 Å². The lowest BCUT2D eigenvalue weighted by atomic mass is 10.1. The highest BCUT2D eigenvalue weighted by Gasteiger charge is 2.10. The van der Waals surface area contributed by atoms with E-state index in [0.717, 1.165) is 16.9 Å². The van der Waals surface area contributed by atoms with Gasteiger partial charge in [-0.2, -0.15) is 0 Å². The zero-order valence-corrected chi connectivity index (χ0v) is 18.4. The maximum atomic E-state index is 14.0. The van der Waals surface area contributed by atoms with Gasteiger partial charge in [0.25, 0.3) is 0 Å². The number of para-hydroxylation sites is 1. The van der Waals surface area contributed by atoms with Crippen LogP contribution in [0, 0.1) is 11.7 Å². The van der Waals surface area contributed by atoms with E-state index in [1.807, 2.05) is 62.4 Å². The summed E-state index contributed by atoms with van der Waals surface area (Å²) in [6.07, 6.45) is 0.481. The first kappa shape index (κ1) is 22.6. The maximum Gasteiger partial charge on any atom is 0.224 e. The van der Waals surface area contributed by atoms with Crippen molar-refractivity contribution in [2.45, 2.75) is 33.4 Å². The molecule has 0 spiro atoms. The molecule has 0 aliphatic carbocycles. The van der Waals surface area contributed by atoms with E-state index < -0.39 is 0 Å². The smallest absolute Gasteiger partial charge is 0.224 e. The Labute approximate surface area is 187 Å². The summed E-state index contributed by atoms with van der Waals surface area (Å²) in [7, 11) is 0. The van der Waals surface area contributed by atoms with E-state index >= 15 is 0 Å². The minimum absolute atomic E-state index is 0.00213. The van der Waals surface area contributed by atoms with E-state index in [1.165, 1.54) is 6.07 Å². The molecule has 0 heterocycles. The van der Waals surface area contributed by atoms with Crippen LogP contribution < -0.4 is 15.4 Å². The largest absolute Gasteiger partial charge is 0.488 e. The zero-order chi connectivity index (χ0) is 22.2. The zero-order valence-electron chi connectivity index (χ0n) is 17.6. The molecular formula is C25H26ClFN2O2. The lowest BCUT2D eigenvalue weighted by molar-refractivity contribution is -0.116. The Morgan fingerprint density at radius 3 is 2.55 bits per heavy atom. The summed E-state index contributed by atoms with van der Waals surface area (Å²) in [6.45, 7) is 4.57. The Kier molecular flexibility index (Phi) is 7.90. The number of carbonyl (C=O) groups excluding carboxylic acids is 1. The summed E-state index contributed by atoms with van der Waals surface area (Å²) >= 11 is 6.09. The Balaban J connectivity index is 1.64. The van der Waals surface area contributed by atoms with Gasteiger partial charge >= 0.3 is 0 Å². The monoisotopic (exact) mass is 440 g/mol. The van der Waals surface area contributed by atoms with Crippen molar-refractivity contribution >= 4 is 28.9 Å². The molecule has 3 aromatic rings. The summed E-state index contributed by atoms with van der Waals surface area (Å²) in [6, 6.07) is 19.7. The second-order valence-corrected chi connectivity index (χ2v) is 8.08. The van der Waals surface area contributed by atoms with E-state index in [9.17, 15) is 9.18 Å². The predicted molar refractivity (Wildman–Crippen MR) is 124 cm³/mol. The van der Waals surface area contributed by atoms with Crippen molar-refractivity contribution in [3.05, 3.63) is 88.7 Å². The van der Waals surface area contributed by atoms with Crippen LogP contribution in [0.4, 0.5) is 15.8 Å². The number of benzene rings is 3. The lowest BCUT2D eigenvalue weighted by Gasteiger charge is -2.14. The highest BCUT2D eigenvalue weighted by molar-refractivity contribution is 6.31. The molecule has 0 bridgehead atoms. The molecule has 0 unspecified atom stereocenters. The highest BCUT2D eigenvalue weighted by atomic mass is 35.5. The van der Waals surface area contributed by atoms with Gasteiger partial charge in [0.2, 0.25) is 5.91 Å². The first-order valence-electron chi connectivity index (χ1n) is 10.2. The maximum absolute atomic E-state index is 14.0. The van der Waals surface area contributed by atoms with Crippen molar-refractivity contribution in [3.8, 4) is 5.75 Å². The number of ether oxygens (including phenoxy) is 1. The van der Waals surface area contributed by atoms with E-state index in [4.69, 9.17) is 16.3 Å². The Morgan fingerprint density at radius 2 is 1.77 bits per heavy atom. The number of amides is 1. The molecule has 0 aliphatic heterocycles. The summed E-state index contributed by atoms with van der Waals surface area (Å²) in [4.78, 5) is 12.0. The van der Waals surface area contributed by atoms with Crippen molar-refractivity contribution in [2.24, 2.45) is 5.92 Å². The Morgan fingerprint density at radius 1 is 1.03 bits per heavy atom. The van der Waals surface area contributed by atoms with E-state index in [0.29, 0.717) is 35.2 Å². The lowest BCUT2D eigenvalue weighted by Crippen LogP contribution is -2.14. The molecule has 6 heteroatoms. The quantitative estimate of drug-likeness (QED) is 0.391. The van der Waals surface area contributed by atoms with Crippen LogP contribution in [-0.2, 0) is 17.9 Å². The summed E-state index contributed by atoms with van der Waals surface area (Å²) in [5, 5.41) is 6.61. The molecule has 0 aromatic heterocycles. The molecule has 0 saturated carbocycles. The van der Waals surface area contributed by atoms with Crippen molar-refractivity contribution in [1.29, 1.82) is 0 Å². The molecule has 0 aliphatic rings. The van der Waals surface area contributed by atoms with Gasteiger partial charge in [0.05, 0.1) is 5.02 Å². The standard InChI is InChI=1S/C25H26ClFN2O2/c1-17(2)13-25(30)29-20-9-5-8-19(14-20)28-15-18-7-3-4-12-24(18)31-16-21-22(26)10-6-11-23(21)27/h3-12,14,17,28H,13,15-16H2,1-2H3,(H,29,30). The second kappa shape index (κ2) is 10.8. The minimum Gasteiger partial charge on any atom is -0.488 e. The molecular weight excluding hydrogens is 415 g/mol. The molecule has 3 aromatic carbocycles. The highest BCUT2D eigenvalue weighted by Crippen LogP contribution is 2.25. The van der Waals surface area contributed by atoms with Crippen LogP contribution in [-0.4, -0.2) is 5.91 Å². The van der Waals surface area contributed by atoms with Gasteiger partial charge in [-0.1, -0.05) is 55.8 Å². The molecule has 0 saturated heterocycles. The van der Waals surface area contributed by atoms with Crippen molar-refractivity contribution < 1.29 is 13.9 Å². The van der Waals surface area contributed by atoms with Gasteiger partial charge in [0.1, 0.15) is 18.2 Å². The van der Waals surface area contributed by atoms with Crippen LogP contribution in [0.3, 0.4) is 0 Å². The van der Waals surface area contributed by atoms with Gasteiger partial charge in [-0.3, -0.25) is 4.79 Å². The molecule has 1 amide bonds. The number of halogens is 2. The summed E-state index contributed by atoms with van der Waals surface area (Å²) in [5.74, 6) is 0.560. The fourth-order valence-electron chi connectivity index (χ4n) is 3.10. The van der Waals surface area contributed by atoms with E-state index in [2.05, 4.69) is 10.6 Å². The van der Waals surface area contributed by atoms with Crippen molar-refractivity contribution in [3.63, 3.8) is 0 Å². The van der Waals surface area contributed by atoms with Crippen LogP contribution in [0.1, 0.15) is 31.4 Å².